The zero-order chi connectivity index (χ0) is 12.4. The van der Waals surface area contributed by atoms with Gasteiger partial charge in [0.2, 0.25) is 0 Å². The molecule has 92 valence electrons. The number of rotatable bonds is 2. The highest BCUT2D eigenvalue weighted by molar-refractivity contribution is 7.13. The molecule has 1 fully saturated rings. The number of aromatic nitrogens is 1. The van der Waals surface area contributed by atoms with Crippen molar-refractivity contribution in [3.05, 3.63) is 16.1 Å². The summed E-state index contributed by atoms with van der Waals surface area (Å²) in [5, 5.41) is 9.81. The Labute approximate surface area is 103 Å². The highest BCUT2D eigenvalue weighted by Gasteiger charge is 2.29. The van der Waals surface area contributed by atoms with Crippen LogP contribution in [0.2, 0.25) is 0 Å². The molecule has 1 aliphatic rings. The molecule has 0 unspecified atom stereocenters. The first-order valence-electron chi connectivity index (χ1n) is 5.52. The molecule has 1 N–H and O–H groups in total. The number of carbonyl (C=O) groups excluding carboxylic acids is 1. The largest absolute Gasteiger partial charge is 0.481 e. The van der Waals surface area contributed by atoms with Crippen molar-refractivity contribution >= 4 is 23.2 Å². The third kappa shape index (κ3) is 2.63. The van der Waals surface area contributed by atoms with Gasteiger partial charge in [-0.15, -0.1) is 11.3 Å². The number of carboxylic acid groups (broad SMARTS) is 1. The predicted octanol–water partition coefficient (Wildman–Crippen LogP) is 1.39. The number of amides is 1. The Morgan fingerprint density at radius 1 is 1.59 bits per heavy atom. The van der Waals surface area contributed by atoms with Gasteiger partial charge in [0, 0.05) is 13.1 Å². The maximum Gasteiger partial charge on any atom is 0.308 e. The number of thiazole rings is 1. The number of carboxylic acids is 1. The highest BCUT2D eigenvalue weighted by atomic mass is 32.1. The van der Waals surface area contributed by atoms with Gasteiger partial charge in [0.05, 0.1) is 17.1 Å². The molecule has 6 heteroatoms. The Morgan fingerprint density at radius 2 is 2.35 bits per heavy atom. The minimum absolute atomic E-state index is 0.0958. The fraction of sp³-hybridized carbons (Fsp3) is 0.545. The van der Waals surface area contributed by atoms with E-state index < -0.39 is 11.9 Å². The minimum atomic E-state index is -0.817. The lowest BCUT2D eigenvalue weighted by atomic mass is 9.98. The number of likely N-dealkylation sites (tertiary alicyclic amines) is 1. The summed E-state index contributed by atoms with van der Waals surface area (Å²) < 4.78 is 0. The van der Waals surface area contributed by atoms with Crippen molar-refractivity contribution in [1.29, 1.82) is 0 Å². The summed E-state index contributed by atoms with van der Waals surface area (Å²) in [6.45, 7) is 2.79. The number of piperidine rings is 1. The molecule has 2 heterocycles. The average Bonchev–Trinajstić information content (AvgIpc) is 2.75. The van der Waals surface area contributed by atoms with Crippen LogP contribution in [0.15, 0.2) is 6.20 Å². The van der Waals surface area contributed by atoms with Crippen molar-refractivity contribution in [3.63, 3.8) is 0 Å². The zero-order valence-electron chi connectivity index (χ0n) is 9.55. The van der Waals surface area contributed by atoms with E-state index in [1.54, 1.807) is 11.1 Å². The molecule has 1 aromatic heterocycles. The summed E-state index contributed by atoms with van der Waals surface area (Å²) in [6.07, 6.45) is 2.97. The molecule has 0 saturated carbocycles. The molecule has 5 nitrogen and oxygen atoms in total. The molecule has 1 aromatic rings. The fourth-order valence-corrected chi connectivity index (χ4v) is 2.72. The van der Waals surface area contributed by atoms with Gasteiger partial charge in [0.25, 0.3) is 5.91 Å². The average molecular weight is 254 g/mol. The molecule has 0 bridgehead atoms. The molecule has 17 heavy (non-hydrogen) atoms. The van der Waals surface area contributed by atoms with Crippen molar-refractivity contribution in [2.75, 3.05) is 13.1 Å². The van der Waals surface area contributed by atoms with Crippen LogP contribution in [0.5, 0.6) is 0 Å². The molecule has 0 aromatic carbocycles. The normalized spacial score (nSPS) is 20.3. The summed E-state index contributed by atoms with van der Waals surface area (Å²) in [5.74, 6) is -1.34. The summed E-state index contributed by atoms with van der Waals surface area (Å²) in [7, 11) is 0. The van der Waals surface area contributed by atoms with Crippen molar-refractivity contribution in [3.8, 4) is 0 Å². The van der Waals surface area contributed by atoms with Gasteiger partial charge in [-0.1, -0.05) is 0 Å². The van der Waals surface area contributed by atoms with Crippen LogP contribution in [0.3, 0.4) is 0 Å². The monoisotopic (exact) mass is 254 g/mol. The minimum Gasteiger partial charge on any atom is -0.481 e. The van der Waals surface area contributed by atoms with Gasteiger partial charge in [0.15, 0.2) is 0 Å². The first-order chi connectivity index (χ1) is 8.08. The number of hydrogen-bond donors (Lipinski definition) is 1. The lowest BCUT2D eigenvalue weighted by molar-refractivity contribution is -0.143. The zero-order valence-corrected chi connectivity index (χ0v) is 10.4. The van der Waals surface area contributed by atoms with E-state index in [1.165, 1.54) is 11.3 Å². The molecule has 1 aliphatic heterocycles. The Balaban J connectivity index is 2.07. The second kappa shape index (κ2) is 4.83. The maximum absolute atomic E-state index is 12.1. The van der Waals surface area contributed by atoms with Crippen LogP contribution in [-0.2, 0) is 4.79 Å². The fourth-order valence-electron chi connectivity index (χ4n) is 1.98. The van der Waals surface area contributed by atoms with Gasteiger partial charge in [0.1, 0.15) is 4.88 Å². The molecular formula is C11H14N2O3S. The van der Waals surface area contributed by atoms with E-state index in [4.69, 9.17) is 5.11 Å². The molecule has 2 rings (SSSR count). The van der Waals surface area contributed by atoms with Crippen LogP contribution in [0.25, 0.3) is 0 Å². The first kappa shape index (κ1) is 12.0. The van der Waals surface area contributed by atoms with E-state index in [-0.39, 0.29) is 5.91 Å². The van der Waals surface area contributed by atoms with E-state index >= 15 is 0 Å². The highest BCUT2D eigenvalue weighted by Crippen LogP contribution is 2.21. The van der Waals surface area contributed by atoms with Gasteiger partial charge >= 0.3 is 5.97 Å². The van der Waals surface area contributed by atoms with Gasteiger partial charge < -0.3 is 10.0 Å². The molecule has 0 aliphatic carbocycles. The SMILES string of the molecule is Cc1ncc(C(=O)N2CCC[C@@H](C(=O)O)C2)s1. The summed E-state index contributed by atoms with van der Waals surface area (Å²) in [4.78, 5) is 29.3. The van der Waals surface area contributed by atoms with E-state index in [2.05, 4.69) is 4.98 Å². The van der Waals surface area contributed by atoms with Crippen LogP contribution in [0, 0.1) is 12.8 Å². The van der Waals surface area contributed by atoms with Crippen molar-refractivity contribution in [1.82, 2.24) is 9.88 Å². The number of aryl methyl sites for hydroxylation is 1. The first-order valence-corrected chi connectivity index (χ1v) is 6.34. The van der Waals surface area contributed by atoms with Gasteiger partial charge in [-0.2, -0.15) is 0 Å². The van der Waals surface area contributed by atoms with E-state index in [0.29, 0.717) is 24.4 Å². The third-order valence-corrected chi connectivity index (χ3v) is 3.79. The standard InChI is InChI=1S/C11H14N2O3S/c1-7-12-5-9(17-7)10(14)13-4-2-3-8(6-13)11(15)16/h5,8H,2-4,6H2,1H3,(H,15,16)/t8-/m1/s1. The summed E-state index contributed by atoms with van der Waals surface area (Å²) in [6, 6.07) is 0. The molecular weight excluding hydrogens is 240 g/mol. The van der Waals surface area contributed by atoms with Gasteiger partial charge in [-0.05, 0) is 19.8 Å². The predicted molar refractivity (Wildman–Crippen MR) is 63.1 cm³/mol. The van der Waals surface area contributed by atoms with Gasteiger partial charge in [-0.25, -0.2) is 4.98 Å². The molecule has 1 atom stereocenters. The second-order valence-corrected chi connectivity index (χ2v) is 5.41. The molecule has 0 radical (unpaired) electrons. The molecule has 0 spiro atoms. The number of hydrogen-bond acceptors (Lipinski definition) is 4. The van der Waals surface area contributed by atoms with Crippen molar-refractivity contribution < 1.29 is 14.7 Å². The lowest BCUT2D eigenvalue weighted by Crippen LogP contribution is -2.42. The number of nitrogens with zero attached hydrogens (tertiary/aromatic N) is 2. The van der Waals surface area contributed by atoms with Crippen LogP contribution in [0.4, 0.5) is 0 Å². The van der Waals surface area contributed by atoms with E-state index in [0.717, 1.165) is 11.4 Å². The van der Waals surface area contributed by atoms with Crippen LogP contribution < -0.4 is 0 Å². The number of carbonyl (C=O) groups is 2. The van der Waals surface area contributed by atoms with Crippen LogP contribution in [-0.4, -0.2) is 40.0 Å². The second-order valence-electron chi connectivity index (χ2n) is 4.17. The Bertz CT molecular complexity index is 444. The Hall–Kier alpha value is -1.43. The third-order valence-electron chi connectivity index (χ3n) is 2.89. The van der Waals surface area contributed by atoms with Crippen LogP contribution >= 0.6 is 11.3 Å². The Kier molecular flexibility index (Phi) is 3.42. The topological polar surface area (TPSA) is 70.5 Å². The van der Waals surface area contributed by atoms with Gasteiger partial charge in [-0.3, -0.25) is 9.59 Å². The number of aliphatic carboxylic acids is 1. The quantitative estimate of drug-likeness (QED) is 0.865. The summed E-state index contributed by atoms with van der Waals surface area (Å²) >= 11 is 1.35. The lowest BCUT2D eigenvalue weighted by Gasteiger charge is -2.30. The van der Waals surface area contributed by atoms with Crippen molar-refractivity contribution in [2.24, 2.45) is 5.92 Å². The van der Waals surface area contributed by atoms with E-state index in [9.17, 15) is 9.59 Å². The molecule has 1 amide bonds. The van der Waals surface area contributed by atoms with Crippen LogP contribution in [0.1, 0.15) is 27.5 Å². The smallest absolute Gasteiger partial charge is 0.308 e. The molecule has 1 saturated heterocycles. The van der Waals surface area contributed by atoms with E-state index in [1.807, 2.05) is 6.92 Å². The maximum atomic E-state index is 12.1. The van der Waals surface area contributed by atoms with Crippen molar-refractivity contribution in [2.45, 2.75) is 19.8 Å². The Morgan fingerprint density at radius 3 is 2.94 bits per heavy atom. The summed E-state index contributed by atoms with van der Waals surface area (Å²) in [5.41, 5.74) is 0.